The molecule has 0 spiro atoms. The highest BCUT2D eigenvalue weighted by molar-refractivity contribution is 7.85. The van der Waals surface area contributed by atoms with Crippen LogP contribution in [0.4, 0.5) is 0 Å². The smallest absolute Gasteiger partial charge is 0.306 e. The number of aliphatic hydroxyl groups excluding tert-OH is 3. The summed E-state index contributed by atoms with van der Waals surface area (Å²) in [4.78, 5) is 25.3. The quantitative estimate of drug-likeness (QED) is 0.0216. The lowest BCUT2D eigenvalue weighted by molar-refractivity contribution is -0.297. The lowest BCUT2D eigenvalue weighted by atomic mass is 10.00. The highest BCUT2D eigenvalue weighted by Gasteiger charge is 2.46. The van der Waals surface area contributed by atoms with Gasteiger partial charge in [-0.3, -0.25) is 14.1 Å². The standard InChI is InChI=1S/C41H74O12S/c1-3-5-7-9-11-13-15-16-17-18-20-21-23-25-27-29-36(42)50-31-34(52-37(43)30-28-26-24-22-19-14-12-10-8-6-4-2)32-51-41-40(46)39(45)38(44)35(53-41)33-54(47,48)49/h10,12,16-17,34-35,38-41,44-46H,3-9,11,13-15,18-33H2,1-2H3,(H,47,48,49)/b12-10+,17-16+/t34-,35-,38-,39?,40?,41+/m1/s1. The third kappa shape index (κ3) is 26.9. The van der Waals surface area contributed by atoms with Gasteiger partial charge in [0.05, 0.1) is 6.61 Å². The maximum atomic E-state index is 12.7. The number of aliphatic hydroxyl groups is 3. The number of carbonyl (C=O) groups excluding carboxylic acids is 2. The van der Waals surface area contributed by atoms with Crippen LogP contribution in [0.15, 0.2) is 24.3 Å². The SMILES string of the molecule is CCCC/C=C/CCCCCCCC(=O)O[C@H](COC(=O)CCCCCCC/C=C/CCCCCCCC)CO[C@H]1O[C@H](CS(=O)(=O)O)[C@@H](O)C(O)C1O. The molecule has 1 heterocycles. The maximum absolute atomic E-state index is 12.7. The first kappa shape index (κ1) is 50.1. The first-order valence-electron chi connectivity index (χ1n) is 20.9. The summed E-state index contributed by atoms with van der Waals surface area (Å²) in [5.41, 5.74) is 0. The summed E-state index contributed by atoms with van der Waals surface area (Å²) in [7, 11) is -4.60. The molecule has 0 radical (unpaired) electrons. The molecular weight excluding hydrogens is 717 g/mol. The van der Waals surface area contributed by atoms with Crippen LogP contribution in [0.25, 0.3) is 0 Å². The minimum atomic E-state index is -4.60. The van der Waals surface area contributed by atoms with Gasteiger partial charge in [0.25, 0.3) is 10.1 Å². The Bertz CT molecular complexity index is 1110. The van der Waals surface area contributed by atoms with Crippen LogP contribution in [0.3, 0.4) is 0 Å². The van der Waals surface area contributed by atoms with Crippen molar-refractivity contribution >= 4 is 22.1 Å². The second kappa shape index (κ2) is 32.2. The number of hydrogen-bond acceptors (Lipinski definition) is 11. The average Bonchev–Trinajstić information content (AvgIpc) is 3.13. The second-order valence-corrected chi connectivity index (χ2v) is 16.1. The first-order valence-corrected chi connectivity index (χ1v) is 22.5. The van der Waals surface area contributed by atoms with Crippen molar-refractivity contribution in [1.82, 2.24) is 0 Å². The number of allylic oxidation sites excluding steroid dienone is 4. The Kier molecular flexibility index (Phi) is 29.9. The molecule has 12 nitrogen and oxygen atoms in total. The Balaban J connectivity index is 2.49. The predicted molar refractivity (Wildman–Crippen MR) is 210 cm³/mol. The van der Waals surface area contributed by atoms with Crippen LogP contribution in [0.2, 0.25) is 0 Å². The maximum Gasteiger partial charge on any atom is 0.306 e. The van der Waals surface area contributed by atoms with Crippen LogP contribution in [0.5, 0.6) is 0 Å². The fourth-order valence-corrected chi connectivity index (χ4v) is 6.87. The molecule has 13 heteroatoms. The highest BCUT2D eigenvalue weighted by atomic mass is 32.2. The number of ether oxygens (including phenoxy) is 4. The fraction of sp³-hybridized carbons (Fsp3) is 0.854. The number of unbranched alkanes of at least 4 members (excludes halogenated alkanes) is 18. The predicted octanol–water partition coefficient (Wildman–Crippen LogP) is 7.67. The number of esters is 2. The highest BCUT2D eigenvalue weighted by Crippen LogP contribution is 2.24. The lowest BCUT2D eigenvalue weighted by Crippen LogP contribution is -2.60. The van der Waals surface area contributed by atoms with Gasteiger partial charge in [-0.15, -0.1) is 0 Å². The molecule has 0 aromatic rings. The summed E-state index contributed by atoms with van der Waals surface area (Å²) >= 11 is 0. The van der Waals surface area contributed by atoms with Crippen LogP contribution in [-0.4, -0.2) is 96.0 Å². The van der Waals surface area contributed by atoms with Crippen molar-refractivity contribution in [3.8, 4) is 0 Å². The number of carbonyl (C=O) groups is 2. The zero-order valence-corrected chi connectivity index (χ0v) is 34.1. The molecule has 1 aliphatic rings. The zero-order chi connectivity index (χ0) is 39.9. The Morgan fingerprint density at radius 3 is 1.59 bits per heavy atom. The van der Waals surface area contributed by atoms with Gasteiger partial charge in [0, 0.05) is 12.8 Å². The van der Waals surface area contributed by atoms with Crippen molar-refractivity contribution < 1.29 is 56.8 Å². The van der Waals surface area contributed by atoms with Gasteiger partial charge in [-0.05, 0) is 57.8 Å². The second-order valence-electron chi connectivity index (χ2n) is 14.6. The van der Waals surface area contributed by atoms with Gasteiger partial charge in [-0.2, -0.15) is 8.42 Å². The summed E-state index contributed by atoms with van der Waals surface area (Å²) < 4.78 is 53.9. The monoisotopic (exact) mass is 790 g/mol. The molecule has 0 amide bonds. The van der Waals surface area contributed by atoms with Crippen LogP contribution in [-0.2, 0) is 38.7 Å². The molecule has 0 aliphatic carbocycles. The van der Waals surface area contributed by atoms with Crippen LogP contribution >= 0.6 is 0 Å². The van der Waals surface area contributed by atoms with Gasteiger partial charge >= 0.3 is 11.9 Å². The van der Waals surface area contributed by atoms with Gasteiger partial charge in [-0.25, -0.2) is 0 Å². The Morgan fingerprint density at radius 1 is 0.611 bits per heavy atom. The minimum Gasteiger partial charge on any atom is -0.462 e. The summed E-state index contributed by atoms with van der Waals surface area (Å²) in [5, 5.41) is 30.8. The lowest BCUT2D eigenvalue weighted by Gasteiger charge is -2.40. The summed E-state index contributed by atoms with van der Waals surface area (Å²) in [5.74, 6) is -2.00. The zero-order valence-electron chi connectivity index (χ0n) is 33.3. The van der Waals surface area contributed by atoms with Crippen molar-refractivity contribution in [1.29, 1.82) is 0 Å². The normalized spacial score (nSPS) is 21.2. The van der Waals surface area contributed by atoms with E-state index in [1.807, 2.05) is 0 Å². The van der Waals surface area contributed by atoms with E-state index < -0.39 is 71.2 Å². The Labute approximate surface area is 326 Å². The molecule has 1 saturated heterocycles. The van der Waals surface area contributed by atoms with Gasteiger partial charge in [0.2, 0.25) is 0 Å². The van der Waals surface area contributed by atoms with Crippen molar-refractivity contribution in [3.63, 3.8) is 0 Å². The van der Waals surface area contributed by atoms with E-state index in [2.05, 4.69) is 38.2 Å². The van der Waals surface area contributed by atoms with Crippen LogP contribution in [0.1, 0.15) is 168 Å². The van der Waals surface area contributed by atoms with Crippen molar-refractivity contribution in [2.24, 2.45) is 0 Å². The van der Waals surface area contributed by atoms with Crippen molar-refractivity contribution in [2.75, 3.05) is 19.0 Å². The van der Waals surface area contributed by atoms with E-state index in [9.17, 15) is 37.9 Å². The number of rotatable bonds is 34. The molecule has 4 N–H and O–H groups in total. The molecule has 1 fully saturated rings. The van der Waals surface area contributed by atoms with Gasteiger partial charge in [0.1, 0.15) is 36.8 Å². The van der Waals surface area contributed by atoms with Gasteiger partial charge in [0.15, 0.2) is 12.4 Å². The first-order chi connectivity index (χ1) is 26.0. The molecule has 1 rings (SSSR count). The summed E-state index contributed by atoms with van der Waals surface area (Å²) in [6, 6.07) is 0. The van der Waals surface area contributed by atoms with Crippen LogP contribution in [0, 0.1) is 0 Å². The molecule has 0 aromatic carbocycles. The molecular formula is C41H74O12S. The third-order valence-electron chi connectivity index (χ3n) is 9.50. The van der Waals surface area contributed by atoms with Gasteiger partial charge in [-0.1, -0.05) is 122 Å². The van der Waals surface area contributed by atoms with E-state index in [1.165, 1.54) is 51.4 Å². The van der Waals surface area contributed by atoms with Crippen LogP contribution < -0.4 is 0 Å². The van der Waals surface area contributed by atoms with E-state index in [0.29, 0.717) is 12.8 Å². The van der Waals surface area contributed by atoms with Gasteiger partial charge < -0.3 is 34.3 Å². The fourth-order valence-electron chi connectivity index (χ4n) is 6.18. The summed E-state index contributed by atoms with van der Waals surface area (Å²) in [6.07, 6.45) is 23.8. The van der Waals surface area contributed by atoms with Crippen molar-refractivity contribution in [2.45, 2.75) is 205 Å². The largest absolute Gasteiger partial charge is 0.462 e. The average molecular weight is 791 g/mol. The van der Waals surface area contributed by atoms with E-state index >= 15 is 0 Å². The van der Waals surface area contributed by atoms with E-state index in [-0.39, 0.29) is 19.4 Å². The topological polar surface area (TPSA) is 186 Å². The molecule has 54 heavy (non-hydrogen) atoms. The molecule has 6 atom stereocenters. The molecule has 0 saturated carbocycles. The molecule has 316 valence electrons. The van der Waals surface area contributed by atoms with E-state index in [4.69, 9.17) is 18.9 Å². The van der Waals surface area contributed by atoms with E-state index in [0.717, 1.165) is 77.0 Å². The minimum absolute atomic E-state index is 0.153. The molecule has 0 bridgehead atoms. The molecule has 2 unspecified atom stereocenters. The summed E-state index contributed by atoms with van der Waals surface area (Å²) in [6.45, 7) is 3.68. The molecule has 1 aliphatic heterocycles. The Hall–Kier alpha value is -1.87. The number of hydrogen-bond donors (Lipinski definition) is 4. The Morgan fingerprint density at radius 2 is 1.07 bits per heavy atom. The third-order valence-corrected chi connectivity index (χ3v) is 10.3. The van der Waals surface area contributed by atoms with Crippen molar-refractivity contribution in [3.05, 3.63) is 24.3 Å². The molecule has 0 aromatic heterocycles. The van der Waals surface area contributed by atoms with E-state index in [1.54, 1.807) is 0 Å².